The van der Waals surface area contributed by atoms with Gasteiger partial charge in [0, 0.05) is 5.39 Å². The monoisotopic (exact) mass is 256 g/mol. The van der Waals surface area contributed by atoms with Crippen LogP contribution in [0.5, 0.6) is 0 Å². The van der Waals surface area contributed by atoms with Crippen molar-refractivity contribution in [3.8, 4) is 6.07 Å². The van der Waals surface area contributed by atoms with Crippen LogP contribution in [0.3, 0.4) is 0 Å². The Bertz CT molecular complexity index is 659. The molecule has 1 aromatic heterocycles. The second kappa shape index (κ2) is 5.19. The number of benzene rings is 1. The van der Waals surface area contributed by atoms with Gasteiger partial charge in [0.15, 0.2) is 0 Å². The molecule has 0 saturated carbocycles. The summed E-state index contributed by atoms with van der Waals surface area (Å²) in [6.45, 7) is 3.54. The number of hydrogen-bond donors (Lipinski definition) is 0. The third-order valence-electron chi connectivity index (χ3n) is 2.47. The number of carbonyl (C=O) groups excluding carboxylic acids is 1. The van der Waals surface area contributed by atoms with Gasteiger partial charge in [-0.25, -0.2) is 4.98 Å². The number of Topliss-reactive ketones (excluding diaryl/α,β-unsaturated/α-hetero) is 1. The predicted octanol–water partition coefficient (Wildman–Crippen LogP) is 3.10. The number of pyridine rings is 1. The molecule has 0 N–H and O–H groups in total. The van der Waals surface area contributed by atoms with Gasteiger partial charge >= 0.3 is 0 Å². The number of aromatic nitrogens is 1. The minimum Gasteiger partial charge on any atom is -0.299 e. The minimum absolute atomic E-state index is 0.0784. The third kappa shape index (κ3) is 2.69. The average molecular weight is 256 g/mol. The van der Waals surface area contributed by atoms with Crippen molar-refractivity contribution in [2.75, 3.05) is 5.75 Å². The average Bonchev–Trinajstić information content (AvgIpc) is 2.35. The smallest absolute Gasteiger partial charge is 0.140 e. The second-order valence-electron chi connectivity index (χ2n) is 4.14. The lowest BCUT2D eigenvalue weighted by atomic mass is 10.1. The summed E-state index contributed by atoms with van der Waals surface area (Å²) in [5.74, 6) is 0.425. The predicted molar refractivity (Wildman–Crippen MR) is 72.6 cm³/mol. The van der Waals surface area contributed by atoms with E-state index in [4.69, 9.17) is 5.26 Å². The minimum atomic E-state index is 0.0784. The van der Waals surface area contributed by atoms with Crippen molar-refractivity contribution in [1.82, 2.24) is 4.98 Å². The molecule has 0 unspecified atom stereocenters. The quantitative estimate of drug-likeness (QED) is 0.792. The Balaban J connectivity index is 2.49. The van der Waals surface area contributed by atoms with E-state index in [1.807, 2.05) is 31.2 Å². The van der Waals surface area contributed by atoms with Gasteiger partial charge in [0.1, 0.15) is 16.9 Å². The first-order valence-corrected chi connectivity index (χ1v) is 6.52. The molecule has 90 valence electrons. The molecule has 0 aliphatic heterocycles. The van der Waals surface area contributed by atoms with Crippen LogP contribution in [-0.2, 0) is 4.79 Å². The van der Waals surface area contributed by atoms with Crippen LogP contribution in [0.4, 0.5) is 0 Å². The maximum atomic E-state index is 11.0. The highest BCUT2D eigenvalue weighted by atomic mass is 32.2. The number of nitrogens with zero attached hydrogens (tertiary/aromatic N) is 2. The summed E-state index contributed by atoms with van der Waals surface area (Å²) in [4.78, 5) is 15.4. The number of ketones is 1. The number of thioether (sulfide) groups is 1. The Labute approximate surface area is 110 Å². The number of carbonyl (C=O) groups is 1. The molecule has 0 bridgehead atoms. The molecular formula is C14H12N2OS. The SMILES string of the molecule is CC(=O)CSc1nc2ccc(C)cc2cc1C#N. The summed E-state index contributed by atoms with van der Waals surface area (Å²) >= 11 is 1.32. The molecule has 0 atom stereocenters. The van der Waals surface area contributed by atoms with E-state index in [9.17, 15) is 4.79 Å². The fraction of sp³-hybridized carbons (Fsp3) is 0.214. The van der Waals surface area contributed by atoms with E-state index >= 15 is 0 Å². The molecule has 2 rings (SSSR count). The molecule has 0 aliphatic carbocycles. The lowest BCUT2D eigenvalue weighted by molar-refractivity contribution is -0.114. The molecule has 2 aromatic rings. The van der Waals surface area contributed by atoms with Crippen LogP contribution in [0.2, 0.25) is 0 Å². The van der Waals surface area contributed by atoms with Gasteiger partial charge in [-0.2, -0.15) is 5.26 Å². The normalized spacial score (nSPS) is 10.3. The molecule has 18 heavy (non-hydrogen) atoms. The first-order chi connectivity index (χ1) is 8.60. The molecule has 1 aromatic carbocycles. The Hall–Kier alpha value is -1.86. The van der Waals surface area contributed by atoms with Crippen LogP contribution < -0.4 is 0 Å². The van der Waals surface area contributed by atoms with E-state index in [0.717, 1.165) is 16.5 Å². The molecule has 0 spiro atoms. The van der Waals surface area contributed by atoms with E-state index in [2.05, 4.69) is 11.1 Å². The fourth-order valence-electron chi connectivity index (χ4n) is 1.64. The van der Waals surface area contributed by atoms with Crippen LogP contribution in [-0.4, -0.2) is 16.5 Å². The van der Waals surface area contributed by atoms with Crippen molar-refractivity contribution < 1.29 is 4.79 Å². The highest BCUT2D eigenvalue weighted by molar-refractivity contribution is 8.00. The highest BCUT2D eigenvalue weighted by Crippen LogP contribution is 2.25. The third-order valence-corrected chi connectivity index (χ3v) is 3.60. The van der Waals surface area contributed by atoms with Crippen LogP contribution in [0.25, 0.3) is 10.9 Å². The van der Waals surface area contributed by atoms with Crippen molar-refractivity contribution >= 4 is 28.4 Å². The van der Waals surface area contributed by atoms with Crippen LogP contribution in [0, 0.1) is 18.3 Å². The second-order valence-corrected chi connectivity index (χ2v) is 5.10. The van der Waals surface area contributed by atoms with Crippen LogP contribution in [0.1, 0.15) is 18.1 Å². The molecule has 0 radical (unpaired) electrons. The van der Waals surface area contributed by atoms with Crippen LogP contribution in [0.15, 0.2) is 29.3 Å². The molecule has 0 aliphatic rings. The van der Waals surface area contributed by atoms with E-state index in [0.29, 0.717) is 16.3 Å². The molecule has 0 fully saturated rings. The number of nitriles is 1. The number of fused-ring (bicyclic) bond motifs is 1. The maximum Gasteiger partial charge on any atom is 0.140 e. The first-order valence-electron chi connectivity index (χ1n) is 5.54. The van der Waals surface area contributed by atoms with Crippen molar-refractivity contribution in [3.63, 3.8) is 0 Å². The largest absolute Gasteiger partial charge is 0.299 e. The lowest BCUT2D eigenvalue weighted by Crippen LogP contribution is -1.96. The van der Waals surface area contributed by atoms with Gasteiger partial charge in [-0.15, -0.1) is 0 Å². The summed E-state index contributed by atoms with van der Waals surface area (Å²) in [6.07, 6.45) is 0. The highest BCUT2D eigenvalue weighted by Gasteiger charge is 2.08. The Morgan fingerprint density at radius 1 is 1.44 bits per heavy atom. The van der Waals surface area contributed by atoms with Gasteiger partial charge in [0.05, 0.1) is 16.8 Å². The number of rotatable bonds is 3. The Morgan fingerprint density at radius 3 is 2.89 bits per heavy atom. The van der Waals surface area contributed by atoms with Crippen molar-refractivity contribution in [2.24, 2.45) is 0 Å². The lowest BCUT2D eigenvalue weighted by Gasteiger charge is -2.05. The number of aryl methyl sites for hydroxylation is 1. The van der Waals surface area contributed by atoms with Gasteiger partial charge < -0.3 is 0 Å². The molecular weight excluding hydrogens is 244 g/mol. The van der Waals surface area contributed by atoms with E-state index < -0.39 is 0 Å². The van der Waals surface area contributed by atoms with Gasteiger partial charge in [-0.1, -0.05) is 23.4 Å². The molecule has 4 heteroatoms. The summed E-state index contributed by atoms with van der Waals surface area (Å²) in [7, 11) is 0. The summed E-state index contributed by atoms with van der Waals surface area (Å²) in [5, 5.41) is 10.7. The van der Waals surface area contributed by atoms with Gasteiger partial charge in [-0.3, -0.25) is 4.79 Å². The van der Waals surface area contributed by atoms with Crippen molar-refractivity contribution in [3.05, 3.63) is 35.4 Å². The zero-order valence-electron chi connectivity index (χ0n) is 10.2. The fourth-order valence-corrected chi connectivity index (χ4v) is 2.40. The van der Waals surface area contributed by atoms with Gasteiger partial charge in [0.25, 0.3) is 0 Å². The zero-order chi connectivity index (χ0) is 13.1. The molecule has 3 nitrogen and oxygen atoms in total. The van der Waals surface area contributed by atoms with Crippen LogP contribution >= 0.6 is 11.8 Å². The van der Waals surface area contributed by atoms with E-state index in [-0.39, 0.29) is 5.78 Å². The first kappa shape index (κ1) is 12.6. The standard InChI is InChI=1S/C14H12N2OS/c1-9-3-4-13-11(5-9)6-12(7-15)14(16-13)18-8-10(2)17/h3-6H,8H2,1-2H3. The number of hydrogen-bond acceptors (Lipinski definition) is 4. The topological polar surface area (TPSA) is 53.8 Å². The Morgan fingerprint density at radius 2 is 2.22 bits per heavy atom. The molecule has 0 saturated heterocycles. The van der Waals surface area contributed by atoms with E-state index in [1.54, 1.807) is 0 Å². The maximum absolute atomic E-state index is 11.0. The molecule has 0 amide bonds. The molecule has 1 heterocycles. The van der Waals surface area contributed by atoms with Crippen molar-refractivity contribution in [1.29, 1.82) is 5.26 Å². The van der Waals surface area contributed by atoms with Crippen molar-refractivity contribution in [2.45, 2.75) is 18.9 Å². The van der Waals surface area contributed by atoms with Gasteiger partial charge in [0.2, 0.25) is 0 Å². The summed E-state index contributed by atoms with van der Waals surface area (Å²) in [6, 6.07) is 9.89. The van der Waals surface area contributed by atoms with E-state index in [1.165, 1.54) is 18.7 Å². The van der Waals surface area contributed by atoms with Gasteiger partial charge in [-0.05, 0) is 32.0 Å². The summed E-state index contributed by atoms with van der Waals surface area (Å²) in [5.41, 5.74) is 2.52. The Kier molecular flexibility index (Phi) is 3.63. The zero-order valence-corrected chi connectivity index (χ0v) is 11.0. The summed E-state index contributed by atoms with van der Waals surface area (Å²) < 4.78 is 0.